The van der Waals surface area contributed by atoms with Crippen LogP contribution in [-0.2, 0) is 7.05 Å². The summed E-state index contributed by atoms with van der Waals surface area (Å²) in [7, 11) is 2.12. The quantitative estimate of drug-likeness (QED) is 0.268. The van der Waals surface area contributed by atoms with E-state index >= 15 is 0 Å². The third-order valence-corrected chi connectivity index (χ3v) is 6.53. The summed E-state index contributed by atoms with van der Waals surface area (Å²) in [5.74, 6) is 0. The number of furan rings is 1. The van der Waals surface area contributed by atoms with E-state index in [1.54, 1.807) is 0 Å². The first-order valence-electron chi connectivity index (χ1n) is 11.0. The Bertz CT molecular complexity index is 1640. The van der Waals surface area contributed by atoms with E-state index in [-0.39, 0.29) is 0 Å². The number of pyridine rings is 1. The van der Waals surface area contributed by atoms with Crippen molar-refractivity contribution in [3.63, 3.8) is 0 Å². The molecule has 4 aromatic carbocycles. The van der Waals surface area contributed by atoms with Crippen molar-refractivity contribution in [1.82, 2.24) is 0 Å². The minimum absolute atomic E-state index is 0.934. The normalized spacial score (nSPS) is 11.6. The van der Waals surface area contributed by atoms with Crippen molar-refractivity contribution in [2.45, 2.75) is 13.8 Å². The predicted octanol–water partition coefficient (Wildman–Crippen LogP) is 7.51. The van der Waals surface area contributed by atoms with Gasteiger partial charge in [0.1, 0.15) is 18.2 Å². The zero-order valence-corrected chi connectivity index (χ0v) is 18.5. The minimum atomic E-state index is 0.934. The smallest absolute Gasteiger partial charge is 0.216 e. The standard InChI is InChI=1S/C30H24NO/c1-19-13-14-24-26-15-22-11-7-8-12-23(22)16-28(26)32-30(24)29(19)27-17-25(20(2)18-31(27)3)21-9-5-4-6-10-21/h4-18H,1-3H3/q+1. The van der Waals surface area contributed by atoms with Gasteiger partial charge in [-0.15, -0.1) is 0 Å². The Morgan fingerprint density at radius 3 is 2.19 bits per heavy atom. The van der Waals surface area contributed by atoms with Crippen LogP contribution in [0.5, 0.6) is 0 Å². The first kappa shape index (κ1) is 18.8. The van der Waals surface area contributed by atoms with Crippen LogP contribution >= 0.6 is 0 Å². The lowest BCUT2D eigenvalue weighted by Gasteiger charge is -2.10. The van der Waals surface area contributed by atoms with Crippen molar-refractivity contribution in [1.29, 1.82) is 0 Å². The van der Waals surface area contributed by atoms with Crippen LogP contribution in [0.15, 0.2) is 95.5 Å². The summed E-state index contributed by atoms with van der Waals surface area (Å²) in [5, 5.41) is 4.76. The van der Waals surface area contributed by atoms with E-state index in [0.29, 0.717) is 0 Å². The number of nitrogens with zero attached hydrogens (tertiary/aromatic N) is 1. The molecular formula is C30H24NO+. The Morgan fingerprint density at radius 1 is 0.688 bits per heavy atom. The van der Waals surface area contributed by atoms with Crippen molar-refractivity contribution in [2.24, 2.45) is 7.05 Å². The monoisotopic (exact) mass is 414 g/mol. The SMILES string of the molecule is Cc1c[n+](C)c(-c2c(C)ccc3c2oc2cc4ccccc4cc23)cc1-c1ccccc1. The van der Waals surface area contributed by atoms with Crippen LogP contribution in [0, 0.1) is 13.8 Å². The molecule has 2 heterocycles. The third-order valence-electron chi connectivity index (χ3n) is 6.53. The van der Waals surface area contributed by atoms with E-state index in [0.717, 1.165) is 33.2 Å². The molecule has 2 aromatic heterocycles. The number of fused-ring (bicyclic) bond motifs is 4. The topological polar surface area (TPSA) is 17.0 Å². The van der Waals surface area contributed by atoms with Gasteiger partial charge in [0.25, 0.3) is 0 Å². The molecule has 0 aliphatic carbocycles. The van der Waals surface area contributed by atoms with Gasteiger partial charge in [0.05, 0.1) is 5.56 Å². The molecule has 6 aromatic rings. The molecule has 2 heteroatoms. The maximum atomic E-state index is 6.54. The van der Waals surface area contributed by atoms with Crippen molar-refractivity contribution >= 4 is 32.7 Å². The highest BCUT2D eigenvalue weighted by atomic mass is 16.3. The number of rotatable bonds is 2. The van der Waals surface area contributed by atoms with E-state index in [2.05, 4.69) is 117 Å². The molecule has 0 radical (unpaired) electrons. The van der Waals surface area contributed by atoms with Gasteiger partial charge < -0.3 is 4.42 Å². The molecule has 154 valence electrons. The Hall–Kier alpha value is -3.91. The Balaban J connectivity index is 1.67. The lowest BCUT2D eigenvalue weighted by atomic mass is 9.96. The lowest BCUT2D eigenvalue weighted by Crippen LogP contribution is -2.31. The summed E-state index contributed by atoms with van der Waals surface area (Å²) < 4.78 is 8.76. The van der Waals surface area contributed by atoms with Gasteiger partial charge in [-0.05, 0) is 53.4 Å². The molecule has 32 heavy (non-hydrogen) atoms. The molecule has 0 amide bonds. The first-order valence-corrected chi connectivity index (χ1v) is 11.0. The van der Waals surface area contributed by atoms with Gasteiger partial charge in [0.15, 0.2) is 6.20 Å². The molecule has 0 unspecified atom stereocenters. The molecule has 0 bridgehead atoms. The molecule has 0 saturated heterocycles. The average molecular weight is 415 g/mol. The van der Waals surface area contributed by atoms with Gasteiger partial charge in [0.2, 0.25) is 5.69 Å². The molecular weight excluding hydrogens is 390 g/mol. The third kappa shape index (κ3) is 2.84. The molecule has 0 aliphatic rings. The van der Waals surface area contributed by atoms with Crippen LogP contribution in [0.3, 0.4) is 0 Å². The number of hydrogen-bond acceptors (Lipinski definition) is 1. The molecule has 0 atom stereocenters. The molecule has 0 N–H and O–H groups in total. The van der Waals surface area contributed by atoms with Crippen molar-refractivity contribution in [3.05, 3.63) is 102 Å². The van der Waals surface area contributed by atoms with E-state index < -0.39 is 0 Å². The Labute approximate surface area is 187 Å². The predicted molar refractivity (Wildman–Crippen MR) is 133 cm³/mol. The summed E-state index contributed by atoms with van der Waals surface area (Å²) in [6.45, 7) is 4.34. The highest BCUT2D eigenvalue weighted by molar-refractivity contribution is 6.13. The van der Waals surface area contributed by atoms with Crippen LogP contribution in [-0.4, -0.2) is 0 Å². The zero-order chi connectivity index (χ0) is 21.8. The van der Waals surface area contributed by atoms with Gasteiger partial charge in [0, 0.05) is 22.4 Å². The largest absolute Gasteiger partial charge is 0.455 e. The molecule has 2 nitrogen and oxygen atoms in total. The van der Waals surface area contributed by atoms with E-state index in [1.165, 1.54) is 33.0 Å². The fourth-order valence-electron chi connectivity index (χ4n) is 4.90. The number of aryl methyl sites for hydroxylation is 3. The van der Waals surface area contributed by atoms with Crippen molar-refractivity contribution in [3.8, 4) is 22.4 Å². The first-order chi connectivity index (χ1) is 15.6. The Kier molecular flexibility index (Phi) is 4.16. The average Bonchev–Trinajstić information content (AvgIpc) is 3.16. The lowest BCUT2D eigenvalue weighted by molar-refractivity contribution is -0.660. The van der Waals surface area contributed by atoms with Crippen LogP contribution in [0.2, 0.25) is 0 Å². The molecule has 0 fully saturated rings. The fraction of sp³-hybridized carbons (Fsp3) is 0.100. The second kappa shape index (κ2) is 7.06. The number of aromatic nitrogens is 1. The van der Waals surface area contributed by atoms with E-state index in [1.807, 2.05) is 0 Å². The maximum absolute atomic E-state index is 6.54. The zero-order valence-electron chi connectivity index (χ0n) is 18.5. The molecule has 0 saturated carbocycles. The van der Waals surface area contributed by atoms with Crippen molar-refractivity contribution in [2.75, 3.05) is 0 Å². The summed E-state index contributed by atoms with van der Waals surface area (Å²) in [5.41, 5.74) is 9.13. The summed E-state index contributed by atoms with van der Waals surface area (Å²) >= 11 is 0. The maximum Gasteiger partial charge on any atom is 0.216 e. The van der Waals surface area contributed by atoms with Crippen LogP contribution in [0.25, 0.3) is 55.1 Å². The van der Waals surface area contributed by atoms with Crippen molar-refractivity contribution < 1.29 is 8.98 Å². The Morgan fingerprint density at radius 2 is 1.41 bits per heavy atom. The van der Waals surface area contributed by atoms with Gasteiger partial charge >= 0.3 is 0 Å². The van der Waals surface area contributed by atoms with E-state index in [4.69, 9.17) is 4.42 Å². The summed E-state index contributed by atoms with van der Waals surface area (Å²) in [4.78, 5) is 0. The van der Waals surface area contributed by atoms with Crippen LogP contribution in [0.1, 0.15) is 11.1 Å². The fourth-order valence-corrected chi connectivity index (χ4v) is 4.90. The highest BCUT2D eigenvalue weighted by Gasteiger charge is 2.22. The van der Waals surface area contributed by atoms with E-state index in [9.17, 15) is 0 Å². The van der Waals surface area contributed by atoms with Gasteiger partial charge in [-0.1, -0.05) is 66.7 Å². The second-order valence-electron chi connectivity index (χ2n) is 8.66. The minimum Gasteiger partial charge on any atom is -0.455 e. The number of hydrogen-bond donors (Lipinski definition) is 0. The number of benzene rings is 4. The molecule has 0 aliphatic heterocycles. The summed E-state index contributed by atoms with van der Waals surface area (Å²) in [6.07, 6.45) is 2.22. The van der Waals surface area contributed by atoms with Crippen LogP contribution < -0.4 is 4.57 Å². The highest BCUT2D eigenvalue weighted by Crippen LogP contribution is 2.39. The second-order valence-corrected chi connectivity index (χ2v) is 8.66. The summed E-state index contributed by atoms with van der Waals surface area (Å²) in [6, 6.07) is 30.2. The molecule has 0 spiro atoms. The van der Waals surface area contributed by atoms with Gasteiger partial charge in [-0.3, -0.25) is 0 Å². The molecule has 6 rings (SSSR count). The van der Waals surface area contributed by atoms with Gasteiger partial charge in [-0.25, -0.2) is 4.57 Å². The van der Waals surface area contributed by atoms with Gasteiger partial charge in [-0.2, -0.15) is 0 Å². The van der Waals surface area contributed by atoms with Crippen LogP contribution in [0.4, 0.5) is 0 Å².